The van der Waals surface area contributed by atoms with E-state index in [0.717, 1.165) is 34.3 Å². The van der Waals surface area contributed by atoms with Crippen LogP contribution in [0.3, 0.4) is 0 Å². The summed E-state index contributed by atoms with van der Waals surface area (Å²) >= 11 is 0. The topological polar surface area (TPSA) is 308 Å². The number of carboxylic acid groups (broad SMARTS) is 3. The number of carbonyl (C=O) groups excluding carboxylic acids is 2. The number of nitrogens with two attached hydrogens (primary N) is 1. The van der Waals surface area contributed by atoms with Crippen LogP contribution < -0.4 is 36.9 Å². The van der Waals surface area contributed by atoms with Gasteiger partial charge in [0, 0.05) is 59.9 Å². The van der Waals surface area contributed by atoms with E-state index in [-0.39, 0.29) is 53.3 Å². The molecule has 0 fully saturated rings. The molecular weight excluding hydrogens is 846 g/mol. The molecule has 3 atom stereocenters. The van der Waals surface area contributed by atoms with Crippen molar-refractivity contribution in [3.05, 3.63) is 106 Å². The van der Waals surface area contributed by atoms with E-state index in [1.807, 2.05) is 28.8 Å². The summed E-state index contributed by atoms with van der Waals surface area (Å²) in [5.74, 6) is -4.34. The van der Waals surface area contributed by atoms with E-state index in [1.54, 1.807) is 12.1 Å². The van der Waals surface area contributed by atoms with E-state index in [4.69, 9.17) is 15.9 Å². The molecule has 0 saturated carbocycles. The molecule has 22 heteroatoms. The molecule has 332 valence electrons. The molecule has 3 aromatic carbocycles. The van der Waals surface area contributed by atoms with E-state index in [2.05, 4.69) is 30.6 Å². The van der Waals surface area contributed by atoms with Crippen molar-refractivity contribution in [2.24, 2.45) is 0 Å². The molecule has 10 N–H and O–H groups in total. The fraction of sp³-hybridized carbons (Fsp3) is 0.293. The first-order valence-corrected chi connectivity index (χ1v) is 21.1. The van der Waals surface area contributed by atoms with Crippen LogP contribution in [0.15, 0.2) is 82.5 Å². The Hall–Kier alpha value is -7.33. The Labute approximate surface area is 358 Å². The molecule has 20 nitrogen and oxygen atoms in total. The molecule has 3 heterocycles. The van der Waals surface area contributed by atoms with Crippen LogP contribution in [0.1, 0.15) is 47.3 Å². The van der Waals surface area contributed by atoms with Crippen molar-refractivity contribution in [2.45, 2.75) is 68.1 Å². The standard InChI is InChI=1S/C21H21FN2O4S.C20H23N7O7/c22-14-5-8-16(9-6-14)29(27,28)23-15-7-10-20-18(13-15)17-3-1-2-4-19(17)24(20)12-11-21(25)26;21-20-25-16-15(18(32)26-20)27(9-28)12(8-23-16)7-22-11-3-1-10(2-4-11)17(31)24-13(19(33)34)5-6-14(29)30/h1-6,8-9,15,23H,7,10-13H2,(H,25,26);1-4,9,12-13,22H,5-8H2,(H,24,31)(H,29,30)(H,33,34)(H4,21,23,25,26,32)/t15-;12-,13-/m10/s1. The number of hydrogen-bond acceptors (Lipinski definition) is 12. The van der Waals surface area contributed by atoms with Gasteiger partial charge in [-0.05, 0) is 85.8 Å². The molecule has 2 aliphatic rings. The number of aryl methyl sites for hydroxylation is 1. The van der Waals surface area contributed by atoms with Crippen LogP contribution in [0.25, 0.3) is 10.9 Å². The predicted molar refractivity (Wildman–Crippen MR) is 228 cm³/mol. The first kappa shape index (κ1) is 45.2. The number of H-pyrrole nitrogens is 1. The van der Waals surface area contributed by atoms with Crippen molar-refractivity contribution in [1.82, 2.24) is 24.6 Å². The molecule has 5 aromatic rings. The van der Waals surface area contributed by atoms with Crippen LogP contribution in [0.2, 0.25) is 0 Å². The Balaban J connectivity index is 0.000000212. The van der Waals surface area contributed by atoms with Gasteiger partial charge < -0.3 is 46.5 Å². The number of aliphatic carboxylic acids is 3. The van der Waals surface area contributed by atoms with Gasteiger partial charge in [0.1, 0.15) is 11.9 Å². The lowest BCUT2D eigenvalue weighted by atomic mass is 9.92. The van der Waals surface area contributed by atoms with Crippen molar-refractivity contribution >= 4 is 74.3 Å². The fourth-order valence-corrected chi connectivity index (χ4v) is 8.73. The number of carboxylic acids is 3. The Morgan fingerprint density at radius 1 is 0.984 bits per heavy atom. The molecule has 1 aliphatic heterocycles. The highest BCUT2D eigenvalue weighted by Crippen LogP contribution is 2.33. The Kier molecular flexibility index (Phi) is 14.1. The van der Waals surface area contributed by atoms with Crippen LogP contribution in [-0.2, 0) is 48.6 Å². The summed E-state index contributed by atoms with van der Waals surface area (Å²) in [6.45, 7) is 0.954. The summed E-state index contributed by atoms with van der Waals surface area (Å²) in [4.78, 5) is 76.8. The summed E-state index contributed by atoms with van der Waals surface area (Å²) in [5.41, 5.74) is 8.94. The van der Waals surface area contributed by atoms with Gasteiger partial charge in [-0.15, -0.1) is 0 Å². The summed E-state index contributed by atoms with van der Waals surface area (Å²) < 4.78 is 43.2. The highest BCUT2D eigenvalue weighted by molar-refractivity contribution is 7.89. The smallest absolute Gasteiger partial charge is 0.326 e. The maximum Gasteiger partial charge on any atom is 0.326 e. The number of nitrogens with zero attached hydrogens (tertiary/aromatic N) is 3. The number of nitrogen functional groups attached to an aromatic ring is 1. The molecule has 0 saturated heterocycles. The van der Waals surface area contributed by atoms with E-state index in [9.17, 15) is 46.7 Å². The normalized spacial score (nSPS) is 16.0. The molecule has 0 radical (unpaired) electrons. The fourth-order valence-electron chi connectivity index (χ4n) is 7.46. The van der Waals surface area contributed by atoms with Crippen molar-refractivity contribution in [3.63, 3.8) is 0 Å². The average molecular weight is 890 g/mol. The quantitative estimate of drug-likeness (QED) is 0.0643. The van der Waals surface area contributed by atoms with E-state index < -0.39 is 63.7 Å². The third-order valence-electron chi connectivity index (χ3n) is 10.5. The van der Waals surface area contributed by atoms with E-state index in [1.165, 1.54) is 29.2 Å². The van der Waals surface area contributed by atoms with Crippen molar-refractivity contribution in [3.8, 4) is 0 Å². The van der Waals surface area contributed by atoms with Gasteiger partial charge in [0.05, 0.1) is 17.4 Å². The number of fused-ring (bicyclic) bond motifs is 4. The lowest BCUT2D eigenvalue weighted by Gasteiger charge is -2.34. The molecule has 0 spiro atoms. The second kappa shape index (κ2) is 19.6. The number of halogens is 1. The number of nitrogens with one attached hydrogen (secondary N) is 5. The summed E-state index contributed by atoms with van der Waals surface area (Å²) in [6, 6.07) is 16.6. The Morgan fingerprint density at radius 2 is 1.68 bits per heavy atom. The Morgan fingerprint density at radius 3 is 2.35 bits per heavy atom. The lowest BCUT2D eigenvalue weighted by molar-refractivity contribution is -0.141. The number of sulfonamides is 1. The minimum Gasteiger partial charge on any atom is -0.481 e. The number of aromatic amines is 1. The van der Waals surface area contributed by atoms with E-state index in [0.29, 0.717) is 44.4 Å². The molecule has 7 rings (SSSR count). The van der Waals surface area contributed by atoms with Gasteiger partial charge in [0.2, 0.25) is 22.4 Å². The molecular formula is C41H44FN9O11S. The zero-order chi connectivity index (χ0) is 45.4. The number of para-hydroxylation sites is 1. The number of anilines is 4. The largest absolute Gasteiger partial charge is 0.481 e. The third kappa shape index (κ3) is 11.0. The minimum atomic E-state index is -3.75. The molecule has 2 amide bonds. The van der Waals surface area contributed by atoms with Crippen molar-refractivity contribution in [2.75, 3.05) is 34.4 Å². The highest BCUT2D eigenvalue weighted by Gasteiger charge is 2.31. The number of amides is 2. The van der Waals surface area contributed by atoms with Crippen LogP contribution in [0.5, 0.6) is 0 Å². The number of carbonyl (C=O) groups is 5. The van der Waals surface area contributed by atoms with E-state index >= 15 is 0 Å². The van der Waals surface area contributed by atoms with Gasteiger partial charge in [0.15, 0.2) is 11.5 Å². The van der Waals surface area contributed by atoms with Crippen LogP contribution in [-0.4, -0.2) is 99.7 Å². The van der Waals surface area contributed by atoms with Gasteiger partial charge in [-0.1, -0.05) is 18.2 Å². The zero-order valence-electron chi connectivity index (χ0n) is 33.4. The molecule has 0 unspecified atom stereocenters. The first-order chi connectivity index (χ1) is 30.0. The summed E-state index contributed by atoms with van der Waals surface area (Å²) in [5, 5.41) is 36.4. The average Bonchev–Trinajstić information content (AvgIpc) is 3.56. The molecule has 2 aromatic heterocycles. The predicted octanol–water partition coefficient (Wildman–Crippen LogP) is 2.36. The summed E-state index contributed by atoms with van der Waals surface area (Å²) in [6.07, 6.45) is 1.72. The number of rotatable bonds is 16. The van der Waals surface area contributed by atoms with Crippen LogP contribution in [0, 0.1) is 5.82 Å². The minimum absolute atomic E-state index is 0.0335. The maximum absolute atomic E-state index is 13.1. The SMILES string of the molecule is Nc1nc2c(c(=O)[nH]1)N(C=O)[C@@H](CNc1ccc(C(=O)N[C@@H](CCC(=O)O)C(=O)O)cc1)CN2.O=C(O)CCn1c2c(c3ccccc31)C[C@H](NS(=O)(=O)c1ccc(F)cc1)CC2. The third-order valence-corrected chi connectivity index (χ3v) is 12.0. The second-order valence-corrected chi connectivity index (χ2v) is 16.4. The second-order valence-electron chi connectivity index (χ2n) is 14.7. The lowest BCUT2D eigenvalue weighted by Crippen LogP contribution is -2.50. The first-order valence-electron chi connectivity index (χ1n) is 19.6. The molecule has 0 bridgehead atoms. The van der Waals surface area contributed by atoms with Gasteiger partial charge in [-0.3, -0.25) is 29.0 Å². The Bertz CT molecular complexity index is 2690. The number of hydrogen-bond donors (Lipinski definition) is 9. The number of aromatic nitrogens is 3. The van der Waals surface area contributed by atoms with Crippen molar-refractivity contribution in [1.29, 1.82) is 0 Å². The van der Waals surface area contributed by atoms with Gasteiger partial charge in [-0.25, -0.2) is 22.3 Å². The van der Waals surface area contributed by atoms with Crippen molar-refractivity contribution < 1.29 is 52.1 Å². The zero-order valence-corrected chi connectivity index (χ0v) is 34.2. The monoisotopic (exact) mass is 889 g/mol. The maximum atomic E-state index is 13.1. The molecule has 63 heavy (non-hydrogen) atoms. The van der Waals surface area contributed by atoms with Crippen LogP contribution >= 0.6 is 0 Å². The number of benzene rings is 3. The highest BCUT2D eigenvalue weighted by atomic mass is 32.2. The molecule has 1 aliphatic carbocycles. The van der Waals surface area contributed by atoms with Gasteiger partial charge in [-0.2, -0.15) is 4.98 Å². The van der Waals surface area contributed by atoms with Gasteiger partial charge in [0.25, 0.3) is 11.5 Å². The van der Waals surface area contributed by atoms with Gasteiger partial charge >= 0.3 is 17.9 Å². The van der Waals surface area contributed by atoms with Crippen LogP contribution in [0.4, 0.5) is 27.5 Å². The summed E-state index contributed by atoms with van der Waals surface area (Å²) in [7, 11) is -3.75.